The van der Waals surface area contributed by atoms with Crippen molar-refractivity contribution in [2.75, 3.05) is 0 Å². The molecule has 3 atom stereocenters. The minimum atomic E-state index is 0.0604. The zero-order valence-corrected chi connectivity index (χ0v) is 17.7. The van der Waals surface area contributed by atoms with E-state index in [0.717, 1.165) is 41.9 Å². The van der Waals surface area contributed by atoms with Crippen molar-refractivity contribution in [2.24, 2.45) is 16.7 Å². The predicted molar refractivity (Wildman–Crippen MR) is 112 cm³/mol. The lowest BCUT2D eigenvalue weighted by molar-refractivity contribution is 0.0729. The molecule has 1 aromatic heterocycles. The number of fused-ring (bicyclic) bond motifs is 3. The number of hydrogen-bond donors (Lipinski definition) is 1. The number of carbonyl (C=O) groups is 1. The second-order valence-corrected chi connectivity index (χ2v) is 10.00. The van der Waals surface area contributed by atoms with Crippen LogP contribution in [-0.4, -0.2) is 16.5 Å². The fraction of sp³-hybridized carbons (Fsp3) is 0.609. The van der Waals surface area contributed by atoms with Crippen molar-refractivity contribution >= 4 is 28.4 Å². The van der Waals surface area contributed by atoms with Crippen LogP contribution >= 0.6 is 11.6 Å². The predicted octanol–water partition coefficient (Wildman–Crippen LogP) is 6.04. The topological polar surface area (TPSA) is 34.0 Å². The van der Waals surface area contributed by atoms with Gasteiger partial charge in [-0.2, -0.15) is 0 Å². The summed E-state index contributed by atoms with van der Waals surface area (Å²) in [5.41, 5.74) is 2.25. The molecule has 4 rings (SSSR count). The van der Waals surface area contributed by atoms with Crippen LogP contribution in [-0.2, 0) is 6.54 Å². The number of carbonyl (C=O) groups excluding carboxylic acids is 1. The first-order valence-corrected chi connectivity index (χ1v) is 10.7. The van der Waals surface area contributed by atoms with Gasteiger partial charge in [0.2, 0.25) is 0 Å². The number of nitrogens with one attached hydrogen (secondary N) is 1. The van der Waals surface area contributed by atoms with E-state index in [1.807, 2.05) is 24.3 Å². The molecule has 2 aliphatic carbocycles. The molecule has 1 amide bonds. The highest BCUT2D eigenvalue weighted by Crippen LogP contribution is 2.62. The standard InChI is InChI=1S/C23H31ClN2O/c1-5-6-11-26-18-8-7-17(24)12-15(18)13-19(26)20(27)25-21-22(2,3)16-9-10-23(21,4)14-16/h7-8,12-13,16,21H,5-6,9-11,14H2,1-4H3,(H,25,27)/t16?,21?,23-/m1/s1. The number of aromatic nitrogens is 1. The van der Waals surface area contributed by atoms with Crippen molar-refractivity contribution in [1.29, 1.82) is 0 Å². The molecule has 27 heavy (non-hydrogen) atoms. The van der Waals surface area contributed by atoms with E-state index >= 15 is 0 Å². The molecule has 2 fully saturated rings. The molecule has 1 N–H and O–H groups in total. The highest BCUT2D eigenvalue weighted by molar-refractivity contribution is 6.31. The van der Waals surface area contributed by atoms with Gasteiger partial charge in [-0.25, -0.2) is 0 Å². The second kappa shape index (κ2) is 6.55. The van der Waals surface area contributed by atoms with Crippen molar-refractivity contribution in [3.05, 3.63) is 35.0 Å². The summed E-state index contributed by atoms with van der Waals surface area (Å²) < 4.78 is 2.17. The first kappa shape index (κ1) is 18.9. The third kappa shape index (κ3) is 2.99. The molecule has 4 heteroatoms. The Labute approximate surface area is 167 Å². The largest absolute Gasteiger partial charge is 0.347 e. The smallest absolute Gasteiger partial charge is 0.268 e. The summed E-state index contributed by atoms with van der Waals surface area (Å²) in [4.78, 5) is 13.4. The summed E-state index contributed by atoms with van der Waals surface area (Å²) in [6.07, 6.45) is 5.91. The van der Waals surface area contributed by atoms with E-state index < -0.39 is 0 Å². The zero-order valence-electron chi connectivity index (χ0n) is 16.9. The van der Waals surface area contributed by atoms with Crippen LogP contribution in [0.25, 0.3) is 10.9 Å². The maximum atomic E-state index is 13.4. The van der Waals surface area contributed by atoms with Crippen LogP contribution in [0.1, 0.15) is 70.3 Å². The summed E-state index contributed by atoms with van der Waals surface area (Å²) in [5, 5.41) is 5.21. The van der Waals surface area contributed by atoms with Crippen molar-refractivity contribution in [1.82, 2.24) is 9.88 Å². The SMILES string of the molecule is CCCCn1c(C(=O)NC2C(C)(C)C3CC[C@]2(C)C3)cc2cc(Cl)ccc21. The Bertz CT molecular complexity index is 879. The number of amides is 1. The second-order valence-electron chi connectivity index (χ2n) is 9.56. The van der Waals surface area contributed by atoms with Crippen LogP contribution in [0.3, 0.4) is 0 Å². The molecule has 146 valence electrons. The number of aryl methyl sites for hydroxylation is 1. The maximum Gasteiger partial charge on any atom is 0.268 e. The Balaban J connectivity index is 1.68. The number of rotatable bonds is 5. The van der Waals surface area contributed by atoms with Gasteiger partial charge in [-0.15, -0.1) is 0 Å². The van der Waals surface area contributed by atoms with Crippen molar-refractivity contribution in [3.63, 3.8) is 0 Å². The van der Waals surface area contributed by atoms with Crippen molar-refractivity contribution < 1.29 is 4.79 Å². The molecular formula is C23H31ClN2O. The minimum Gasteiger partial charge on any atom is -0.347 e. The molecule has 2 saturated carbocycles. The van der Waals surface area contributed by atoms with Gasteiger partial charge in [0.05, 0.1) is 0 Å². The Morgan fingerprint density at radius 3 is 2.74 bits per heavy atom. The van der Waals surface area contributed by atoms with E-state index in [4.69, 9.17) is 11.6 Å². The number of benzene rings is 1. The number of nitrogens with zero attached hydrogens (tertiary/aromatic N) is 1. The summed E-state index contributed by atoms with van der Waals surface area (Å²) in [7, 11) is 0. The highest BCUT2D eigenvalue weighted by atomic mass is 35.5. The lowest BCUT2D eigenvalue weighted by Crippen LogP contribution is -2.52. The van der Waals surface area contributed by atoms with Crippen molar-refractivity contribution in [3.8, 4) is 0 Å². The molecule has 2 aromatic rings. The Morgan fingerprint density at radius 1 is 1.30 bits per heavy atom. The van der Waals surface area contributed by atoms with Gasteiger partial charge < -0.3 is 9.88 Å². The third-order valence-electron chi connectivity index (χ3n) is 7.38. The monoisotopic (exact) mass is 386 g/mol. The van der Waals surface area contributed by atoms with Gasteiger partial charge in [0.25, 0.3) is 5.91 Å². The van der Waals surface area contributed by atoms with Gasteiger partial charge in [-0.05, 0) is 66.7 Å². The fourth-order valence-electron chi connectivity index (χ4n) is 5.85. The maximum absolute atomic E-state index is 13.4. The van der Waals surface area contributed by atoms with Crippen LogP contribution in [0.15, 0.2) is 24.3 Å². The fourth-order valence-corrected chi connectivity index (χ4v) is 6.03. The van der Waals surface area contributed by atoms with Gasteiger partial charge in [0.1, 0.15) is 5.69 Å². The lowest BCUT2D eigenvalue weighted by atomic mass is 9.68. The average molecular weight is 387 g/mol. The first-order valence-electron chi connectivity index (χ1n) is 10.4. The molecule has 2 unspecified atom stereocenters. The van der Waals surface area contributed by atoms with Crippen molar-refractivity contribution in [2.45, 2.75) is 72.4 Å². The molecule has 0 radical (unpaired) electrons. The van der Waals surface area contributed by atoms with E-state index in [2.05, 4.69) is 37.6 Å². The highest BCUT2D eigenvalue weighted by Gasteiger charge is 2.59. The van der Waals surface area contributed by atoms with E-state index in [1.54, 1.807) is 0 Å². The zero-order chi connectivity index (χ0) is 19.4. The molecule has 2 bridgehead atoms. The third-order valence-corrected chi connectivity index (χ3v) is 7.61. The number of unbranched alkanes of at least 4 members (excludes halogenated alkanes) is 1. The van der Waals surface area contributed by atoms with Crippen LogP contribution in [0.4, 0.5) is 0 Å². The minimum absolute atomic E-state index is 0.0604. The summed E-state index contributed by atoms with van der Waals surface area (Å²) >= 11 is 6.19. The van der Waals surface area contributed by atoms with E-state index in [0.29, 0.717) is 5.02 Å². The van der Waals surface area contributed by atoms with Crippen LogP contribution in [0, 0.1) is 16.7 Å². The molecule has 0 saturated heterocycles. The quantitative estimate of drug-likeness (QED) is 0.667. The van der Waals surface area contributed by atoms with E-state index in [1.165, 1.54) is 19.3 Å². The average Bonchev–Trinajstić information content (AvgIpc) is 3.23. The molecular weight excluding hydrogens is 356 g/mol. The summed E-state index contributed by atoms with van der Waals surface area (Å²) in [5.74, 6) is 0.780. The molecule has 0 aliphatic heterocycles. The Hall–Kier alpha value is -1.48. The molecule has 2 aliphatic rings. The van der Waals surface area contributed by atoms with Gasteiger partial charge in [-0.3, -0.25) is 4.79 Å². The van der Waals surface area contributed by atoms with Gasteiger partial charge in [-0.1, -0.05) is 45.7 Å². The Kier molecular flexibility index (Phi) is 4.57. The van der Waals surface area contributed by atoms with Crippen LogP contribution < -0.4 is 5.32 Å². The molecule has 1 aromatic carbocycles. The number of halogens is 1. The Morgan fingerprint density at radius 2 is 2.07 bits per heavy atom. The van der Waals surface area contributed by atoms with Gasteiger partial charge in [0.15, 0.2) is 0 Å². The van der Waals surface area contributed by atoms with Crippen LogP contribution in [0.2, 0.25) is 5.02 Å². The van der Waals surface area contributed by atoms with E-state index in [-0.39, 0.29) is 22.8 Å². The van der Waals surface area contributed by atoms with Gasteiger partial charge >= 0.3 is 0 Å². The van der Waals surface area contributed by atoms with Crippen LogP contribution in [0.5, 0.6) is 0 Å². The normalized spacial score (nSPS) is 28.8. The molecule has 1 heterocycles. The summed E-state index contributed by atoms with van der Waals surface area (Å²) in [6.45, 7) is 10.1. The summed E-state index contributed by atoms with van der Waals surface area (Å²) in [6, 6.07) is 8.15. The molecule has 3 nitrogen and oxygen atoms in total. The lowest BCUT2D eigenvalue weighted by Gasteiger charge is -2.43. The van der Waals surface area contributed by atoms with E-state index in [9.17, 15) is 4.79 Å². The molecule has 0 spiro atoms. The van der Waals surface area contributed by atoms with Gasteiger partial charge in [0, 0.05) is 28.5 Å². The number of hydrogen-bond acceptors (Lipinski definition) is 1. The first-order chi connectivity index (χ1) is 12.8.